The van der Waals surface area contributed by atoms with Crippen molar-refractivity contribution in [2.45, 2.75) is 39.5 Å². The zero-order valence-electron chi connectivity index (χ0n) is 11.9. The van der Waals surface area contributed by atoms with Gasteiger partial charge in [0, 0.05) is 24.6 Å². The van der Waals surface area contributed by atoms with Gasteiger partial charge in [0.1, 0.15) is 0 Å². The van der Waals surface area contributed by atoms with Crippen LogP contribution in [-0.2, 0) is 18.9 Å². The van der Waals surface area contributed by atoms with Crippen LogP contribution in [0.4, 0.5) is 5.95 Å². The van der Waals surface area contributed by atoms with Crippen molar-refractivity contribution in [3.8, 4) is 0 Å². The molecule has 0 aromatic carbocycles. The predicted molar refractivity (Wildman–Crippen MR) is 73.1 cm³/mol. The largest absolute Gasteiger partial charge is 0.395 e. The van der Waals surface area contributed by atoms with E-state index >= 15 is 0 Å². The molecule has 1 heterocycles. The third-order valence-electron chi connectivity index (χ3n) is 2.84. The van der Waals surface area contributed by atoms with Crippen LogP contribution in [0.25, 0.3) is 0 Å². The van der Waals surface area contributed by atoms with Gasteiger partial charge in [0.05, 0.1) is 12.3 Å². The third-order valence-corrected chi connectivity index (χ3v) is 2.84. The summed E-state index contributed by atoms with van der Waals surface area (Å²) in [5.74, 6) is 0.510. The van der Waals surface area contributed by atoms with Gasteiger partial charge in [-0.1, -0.05) is 27.7 Å². The number of rotatable bonds is 4. The highest BCUT2D eigenvalue weighted by molar-refractivity contribution is 5.34. The van der Waals surface area contributed by atoms with Gasteiger partial charge in [0.2, 0.25) is 5.95 Å². The lowest BCUT2D eigenvalue weighted by molar-refractivity contribution is 0.310. The lowest BCUT2D eigenvalue weighted by atomic mass is 9.88. The van der Waals surface area contributed by atoms with Crippen LogP contribution < -0.4 is 10.9 Å². The van der Waals surface area contributed by atoms with Crippen molar-refractivity contribution in [2.75, 3.05) is 18.5 Å². The number of aromatic nitrogens is 2. The number of nitrogens with zero attached hydrogens (tertiary/aromatic N) is 2. The quantitative estimate of drug-likeness (QED) is 0.841. The Bertz CT molecular complexity index is 472. The lowest BCUT2D eigenvalue weighted by Crippen LogP contribution is -2.31. The Kier molecular flexibility index (Phi) is 4.51. The highest BCUT2D eigenvalue weighted by atomic mass is 16.3. The van der Waals surface area contributed by atoms with E-state index in [2.05, 4.69) is 10.3 Å². The van der Waals surface area contributed by atoms with Crippen molar-refractivity contribution in [1.29, 1.82) is 0 Å². The Labute approximate surface area is 108 Å². The minimum Gasteiger partial charge on any atom is -0.395 e. The summed E-state index contributed by atoms with van der Waals surface area (Å²) < 4.78 is 1.50. The zero-order valence-corrected chi connectivity index (χ0v) is 11.9. The first-order valence-electron chi connectivity index (χ1n) is 6.28. The monoisotopic (exact) mass is 253 g/mol. The molecule has 5 nitrogen and oxygen atoms in total. The van der Waals surface area contributed by atoms with E-state index in [4.69, 9.17) is 5.11 Å². The molecule has 0 saturated carbocycles. The number of hydrogen-bond acceptors (Lipinski definition) is 4. The molecule has 0 unspecified atom stereocenters. The van der Waals surface area contributed by atoms with Crippen LogP contribution in [-0.4, -0.2) is 27.8 Å². The number of hydrogen-bond donors (Lipinski definition) is 2. The molecule has 1 aromatic heterocycles. The van der Waals surface area contributed by atoms with Crippen LogP contribution in [0, 0.1) is 0 Å². The van der Waals surface area contributed by atoms with Gasteiger partial charge in [-0.15, -0.1) is 0 Å². The molecule has 2 N–H and O–H groups in total. The molecule has 0 aliphatic heterocycles. The molecule has 0 amide bonds. The normalized spacial score (nSPS) is 11.7. The molecule has 0 spiro atoms. The SMILES string of the molecule is CCc1c(C(C)(C)C)nc(NCCO)n(C)c1=O. The van der Waals surface area contributed by atoms with Crippen LogP contribution in [0.5, 0.6) is 0 Å². The fourth-order valence-electron chi connectivity index (χ4n) is 1.91. The molecule has 0 radical (unpaired) electrons. The molecule has 1 aromatic rings. The van der Waals surface area contributed by atoms with Crippen molar-refractivity contribution in [3.05, 3.63) is 21.6 Å². The first-order chi connectivity index (χ1) is 8.32. The second kappa shape index (κ2) is 5.52. The smallest absolute Gasteiger partial charge is 0.258 e. The summed E-state index contributed by atoms with van der Waals surface area (Å²) in [7, 11) is 1.70. The topological polar surface area (TPSA) is 67.2 Å². The Hall–Kier alpha value is -1.36. The number of nitrogens with one attached hydrogen (secondary N) is 1. The lowest BCUT2D eigenvalue weighted by Gasteiger charge is -2.23. The van der Waals surface area contributed by atoms with Crippen LogP contribution in [0.2, 0.25) is 0 Å². The van der Waals surface area contributed by atoms with Crippen molar-refractivity contribution in [2.24, 2.45) is 7.05 Å². The summed E-state index contributed by atoms with van der Waals surface area (Å²) in [6, 6.07) is 0. The summed E-state index contributed by atoms with van der Waals surface area (Å²) in [6.07, 6.45) is 0.673. The molecular formula is C13H23N3O2. The van der Waals surface area contributed by atoms with E-state index in [1.54, 1.807) is 7.05 Å². The van der Waals surface area contributed by atoms with Gasteiger partial charge in [-0.05, 0) is 6.42 Å². The fraction of sp³-hybridized carbons (Fsp3) is 0.692. The molecule has 0 aliphatic carbocycles. The molecule has 102 valence electrons. The Morgan fingerprint density at radius 2 is 2.00 bits per heavy atom. The van der Waals surface area contributed by atoms with Crippen molar-refractivity contribution in [3.63, 3.8) is 0 Å². The first-order valence-corrected chi connectivity index (χ1v) is 6.28. The number of aliphatic hydroxyl groups is 1. The van der Waals surface area contributed by atoms with Crippen LogP contribution >= 0.6 is 0 Å². The van der Waals surface area contributed by atoms with Gasteiger partial charge in [-0.25, -0.2) is 4.98 Å². The molecule has 0 saturated heterocycles. The minimum absolute atomic E-state index is 0.0102. The molecule has 1 rings (SSSR count). The summed E-state index contributed by atoms with van der Waals surface area (Å²) in [4.78, 5) is 16.8. The maximum absolute atomic E-state index is 12.3. The average molecular weight is 253 g/mol. The van der Waals surface area contributed by atoms with Crippen LogP contribution in [0.3, 0.4) is 0 Å². The van der Waals surface area contributed by atoms with Crippen molar-refractivity contribution < 1.29 is 5.11 Å². The Balaban J connectivity index is 3.42. The van der Waals surface area contributed by atoms with Gasteiger partial charge in [-0.2, -0.15) is 0 Å². The van der Waals surface area contributed by atoms with E-state index in [0.717, 1.165) is 11.3 Å². The van der Waals surface area contributed by atoms with Gasteiger partial charge in [0.15, 0.2) is 0 Å². The van der Waals surface area contributed by atoms with E-state index in [1.165, 1.54) is 4.57 Å². The predicted octanol–water partition coefficient (Wildman–Crippen LogP) is 1.04. The third kappa shape index (κ3) is 2.90. The van der Waals surface area contributed by atoms with Crippen LogP contribution in [0.15, 0.2) is 4.79 Å². The van der Waals surface area contributed by atoms with E-state index < -0.39 is 0 Å². The molecule has 5 heteroatoms. The molecular weight excluding hydrogens is 230 g/mol. The fourth-order valence-corrected chi connectivity index (χ4v) is 1.91. The van der Waals surface area contributed by atoms with E-state index in [-0.39, 0.29) is 17.6 Å². The second-order valence-corrected chi connectivity index (χ2v) is 5.38. The first kappa shape index (κ1) is 14.7. The average Bonchev–Trinajstić information content (AvgIpc) is 2.29. The Morgan fingerprint density at radius 1 is 1.39 bits per heavy atom. The number of anilines is 1. The molecule has 0 bridgehead atoms. The highest BCUT2D eigenvalue weighted by Crippen LogP contribution is 2.23. The molecule has 0 aliphatic rings. The van der Waals surface area contributed by atoms with Gasteiger partial charge in [0.25, 0.3) is 5.56 Å². The van der Waals surface area contributed by atoms with Gasteiger partial charge in [-0.3, -0.25) is 9.36 Å². The van der Waals surface area contributed by atoms with Gasteiger partial charge >= 0.3 is 0 Å². The van der Waals surface area contributed by atoms with E-state index in [9.17, 15) is 4.79 Å². The van der Waals surface area contributed by atoms with Crippen molar-refractivity contribution in [1.82, 2.24) is 9.55 Å². The molecule has 0 atom stereocenters. The second-order valence-electron chi connectivity index (χ2n) is 5.38. The standard InChI is InChI=1S/C13H23N3O2/c1-6-9-10(13(2,3)4)15-12(14-7-8-17)16(5)11(9)18/h17H,6-8H2,1-5H3,(H,14,15). The number of aliphatic hydroxyl groups excluding tert-OH is 1. The van der Waals surface area contributed by atoms with Crippen molar-refractivity contribution >= 4 is 5.95 Å². The van der Waals surface area contributed by atoms with Crippen LogP contribution in [0.1, 0.15) is 39.0 Å². The highest BCUT2D eigenvalue weighted by Gasteiger charge is 2.23. The van der Waals surface area contributed by atoms with Gasteiger partial charge < -0.3 is 10.4 Å². The maximum Gasteiger partial charge on any atom is 0.258 e. The molecule has 0 fully saturated rings. The summed E-state index contributed by atoms with van der Waals surface area (Å²) in [5, 5.41) is 11.8. The molecule has 18 heavy (non-hydrogen) atoms. The Morgan fingerprint density at radius 3 is 2.44 bits per heavy atom. The maximum atomic E-state index is 12.3. The summed E-state index contributed by atoms with van der Waals surface area (Å²) in [6.45, 7) is 8.50. The summed E-state index contributed by atoms with van der Waals surface area (Å²) in [5.41, 5.74) is 1.40. The summed E-state index contributed by atoms with van der Waals surface area (Å²) >= 11 is 0. The minimum atomic E-state index is -0.172. The van der Waals surface area contributed by atoms with E-state index in [0.29, 0.717) is 18.9 Å². The zero-order chi connectivity index (χ0) is 13.9. The van der Waals surface area contributed by atoms with E-state index in [1.807, 2.05) is 27.7 Å².